The number of rotatable bonds is 7. The van der Waals surface area contributed by atoms with Gasteiger partial charge in [0, 0.05) is 27.1 Å². The van der Waals surface area contributed by atoms with Crippen molar-refractivity contribution in [3.63, 3.8) is 0 Å². The molecule has 1 saturated heterocycles. The summed E-state index contributed by atoms with van der Waals surface area (Å²) in [5.41, 5.74) is 2.16. The van der Waals surface area contributed by atoms with E-state index in [0.29, 0.717) is 17.0 Å². The molecule has 0 spiro atoms. The van der Waals surface area contributed by atoms with E-state index in [1.807, 2.05) is 19.1 Å². The topological polar surface area (TPSA) is 93.2 Å². The molecule has 3 rings (SSSR count). The number of nitrogens with zero attached hydrogens (tertiary/aromatic N) is 2. The van der Waals surface area contributed by atoms with E-state index in [4.69, 9.17) is 9.47 Å². The molecule has 0 radical (unpaired) electrons. The van der Waals surface area contributed by atoms with Crippen LogP contribution in [0.2, 0.25) is 0 Å². The molecule has 31 heavy (non-hydrogen) atoms. The molecule has 166 valence electrons. The lowest BCUT2D eigenvalue weighted by atomic mass is 10.1. The van der Waals surface area contributed by atoms with Crippen LogP contribution < -0.4 is 9.64 Å². The molecule has 0 unspecified atom stereocenters. The fraction of sp³-hybridized carbons (Fsp3) is 0.364. The van der Waals surface area contributed by atoms with Crippen LogP contribution in [0.4, 0.5) is 5.69 Å². The second-order valence-corrected chi connectivity index (χ2v) is 9.78. The highest BCUT2D eigenvalue weighted by Crippen LogP contribution is 2.34. The van der Waals surface area contributed by atoms with Crippen molar-refractivity contribution in [3.05, 3.63) is 53.6 Å². The van der Waals surface area contributed by atoms with Crippen molar-refractivity contribution in [2.24, 2.45) is 5.92 Å². The van der Waals surface area contributed by atoms with Crippen LogP contribution in [-0.2, 0) is 31.0 Å². The smallest absolute Gasteiger partial charge is 0.311 e. The number of amides is 1. The van der Waals surface area contributed by atoms with Crippen molar-refractivity contribution in [1.29, 1.82) is 0 Å². The third-order valence-electron chi connectivity index (χ3n) is 5.14. The maximum atomic E-state index is 12.6. The summed E-state index contributed by atoms with van der Waals surface area (Å²) in [7, 11) is 0.858. The Morgan fingerprint density at radius 3 is 2.61 bits per heavy atom. The first-order valence-corrected chi connectivity index (χ1v) is 11.2. The number of hydrogen-bond acceptors (Lipinski definition) is 6. The minimum atomic E-state index is -3.58. The molecule has 0 saturated carbocycles. The van der Waals surface area contributed by atoms with Crippen molar-refractivity contribution in [3.8, 4) is 5.75 Å². The summed E-state index contributed by atoms with van der Waals surface area (Å²) in [5, 5.41) is 0. The van der Waals surface area contributed by atoms with Crippen molar-refractivity contribution >= 4 is 27.6 Å². The maximum Gasteiger partial charge on any atom is 0.311 e. The molecule has 0 bridgehead atoms. The lowest BCUT2D eigenvalue weighted by molar-refractivity contribution is -0.149. The summed E-state index contributed by atoms with van der Waals surface area (Å²) < 4.78 is 36.4. The number of benzene rings is 2. The highest BCUT2D eigenvalue weighted by molar-refractivity contribution is 7.89. The summed E-state index contributed by atoms with van der Waals surface area (Å²) >= 11 is 0. The number of methoxy groups -OCH3 is 1. The molecule has 1 atom stereocenters. The van der Waals surface area contributed by atoms with Crippen LogP contribution in [0, 0.1) is 12.8 Å². The first-order chi connectivity index (χ1) is 14.6. The van der Waals surface area contributed by atoms with Gasteiger partial charge in [0.05, 0.1) is 23.6 Å². The van der Waals surface area contributed by atoms with Crippen molar-refractivity contribution in [2.45, 2.75) is 24.8 Å². The van der Waals surface area contributed by atoms with Crippen LogP contribution in [0.1, 0.15) is 17.5 Å². The fourth-order valence-corrected chi connectivity index (χ4v) is 4.36. The van der Waals surface area contributed by atoms with Crippen LogP contribution >= 0.6 is 0 Å². The Hall–Kier alpha value is -2.91. The van der Waals surface area contributed by atoms with Gasteiger partial charge < -0.3 is 14.4 Å². The van der Waals surface area contributed by atoms with Crippen molar-refractivity contribution in [1.82, 2.24) is 4.31 Å². The Labute approximate surface area is 182 Å². The molecule has 0 aromatic heterocycles. The second-order valence-electron chi connectivity index (χ2n) is 7.62. The van der Waals surface area contributed by atoms with Gasteiger partial charge in [-0.25, -0.2) is 12.7 Å². The van der Waals surface area contributed by atoms with E-state index in [1.54, 1.807) is 23.1 Å². The predicted molar refractivity (Wildman–Crippen MR) is 115 cm³/mol. The van der Waals surface area contributed by atoms with Gasteiger partial charge in [0.2, 0.25) is 15.9 Å². The van der Waals surface area contributed by atoms with E-state index < -0.39 is 21.9 Å². The highest BCUT2D eigenvalue weighted by atomic mass is 32.2. The van der Waals surface area contributed by atoms with E-state index in [-0.39, 0.29) is 30.4 Å². The number of ether oxygens (including phenoxy) is 2. The molecule has 1 fully saturated rings. The van der Waals surface area contributed by atoms with Gasteiger partial charge in [-0.15, -0.1) is 0 Å². The first-order valence-electron chi connectivity index (χ1n) is 9.76. The molecule has 1 heterocycles. The van der Waals surface area contributed by atoms with Gasteiger partial charge >= 0.3 is 5.97 Å². The zero-order valence-corrected chi connectivity index (χ0v) is 18.8. The summed E-state index contributed by atoms with van der Waals surface area (Å²) in [6, 6.07) is 11.8. The molecule has 1 amide bonds. The van der Waals surface area contributed by atoms with Crippen molar-refractivity contribution < 1.29 is 27.5 Å². The van der Waals surface area contributed by atoms with E-state index in [0.717, 1.165) is 9.87 Å². The van der Waals surface area contributed by atoms with Crippen LogP contribution in [0.25, 0.3) is 0 Å². The van der Waals surface area contributed by atoms with Gasteiger partial charge in [0.15, 0.2) is 0 Å². The Morgan fingerprint density at radius 2 is 1.94 bits per heavy atom. The summed E-state index contributed by atoms with van der Waals surface area (Å²) in [6.07, 6.45) is 0.0466. The van der Waals surface area contributed by atoms with Crippen LogP contribution in [0.15, 0.2) is 47.4 Å². The summed E-state index contributed by atoms with van der Waals surface area (Å²) in [5.74, 6) is -0.716. The van der Waals surface area contributed by atoms with E-state index in [1.165, 1.54) is 33.3 Å². The third-order valence-corrected chi connectivity index (χ3v) is 6.95. The third kappa shape index (κ3) is 4.88. The molecule has 8 nitrogen and oxygen atoms in total. The molecule has 1 aliphatic heterocycles. The normalized spacial score (nSPS) is 16.6. The molecular weight excluding hydrogens is 420 g/mol. The van der Waals surface area contributed by atoms with Gasteiger partial charge in [-0.1, -0.05) is 18.2 Å². The van der Waals surface area contributed by atoms with Crippen LogP contribution in [-0.4, -0.2) is 52.3 Å². The first kappa shape index (κ1) is 22.8. The average molecular weight is 447 g/mol. The number of carbonyl (C=O) groups is 2. The Bertz CT molecular complexity index is 1100. The largest absolute Gasteiger partial charge is 0.495 e. The SMILES string of the molecule is COc1ccc(C)cc1N1C[C@@H](C(=O)OCc2cccc(S(=O)(=O)N(C)C)c2)CC1=O. The Balaban J connectivity index is 1.68. The van der Waals surface area contributed by atoms with Gasteiger partial charge in [0.25, 0.3) is 0 Å². The molecular formula is C22H26N2O6S. The van der Waals surface area contributed by atoms with E-state index in [9.17, 15) is 18.0 Å². The predicted octanol–water partition coefficient (Wildman–Crippen LogP) is 2.35. The van der Waals surface area contributed by atoms with Crippen molar-refractivity contribution in [2.75, 3.05) is 32.6 Å². The number of sulfonamides is 1. The Kier molecular flexibility index (Phi) is 6.66. The number of aryl methyl sites for hydroxylation is 1. The number of carbonyl (C=O) groups excluding carboxylic acids is 2. The Morgan fingerprint density at radius 1 is 1.19 bits per heavy atom. The fourth-order valence-electron chi connectivity index (χ4n) is 3.39. The number of hydrogen-bond donors (Lipinski definition) is 0. The molecule has 1 aliphatic rings. The maximum absolute atomic E-state index is 12.6. The zero-order valence-electron chi connectivity index (χ0n) is 18.0. The van der Waals surface area contributed by atoms with Gasteiger partial charge in [-0.2, -0.15) is 0 Å². The highest BCUT2D eigenvalue weighted by Gasteiger charge is 2.37. The number of anilines is 1. The quantitative estimate of drug-likeness (QED) is 0.606. The molecule has 0 aliphatic carbocycles. The zero-order chi connectivity index (χ0) is 22.8. The summed E-state index contributed by atoms with van der Waals surface area (Å²) in [4.78, 5) is 26.8. The lowest BCUT2D eigenvalue weighted by Crippen LogP contribution is -2.27. The monoisotopic (exact) mass is 446 g/mol. The van der Waals surface area contributed by atoms with Gasteiger partial charge in [0.1, 0.15) is 12.4 Å². The van der Waals surface area contributed by atoms with Crippen LogP contribution in [0.5, 0.6) is 5.75 Å². The van der Waals surface area contributed by atoms with Crippen LogP contribution in [0.3, 0.4) is 0 Å². The second kappa shape index (κ2) is 9.07. The van der Waals surface area contributed by atoms with Gasteiger partial charge in [-0.3, -0.25) is 9.59 Å². The molecule has 2 aromatic carbocycles. The van der Waals surface area contributed by atoms with E-state index in [2.05, 4.69) is 0 Å². The minimum absolute atomic E-state index is 0.0466. The molecule has 0 N–H and O–H groups in total. The molecule has 9 heteroatoms. The van der Waals surface area contributed by atoms with Gasteiger partial charge in [-0.05, 0) is 42.3 Å². The average Bonchev–Trinajstić information content (AvgIpc) is 3.13. The van der Waals surface area contributed by atoms with E-state index >= 15 is 0 Å². The number of esters is 1. The standard InChI is InChI=1S/C22H26N2O6S/c1-15-8-9-20(29-4)19(10-15)24-13-17(12-21(24)25)22(26)30-14-16-6-5-7-18(11-16)31(27,28)23(2)3/h5-11,17H,12-14H2,1-4H3/t17-/m0/s1. The lowest BCUT2D eigenvalue weighted by Gasteiger charge is -2.20. The molecule has 2 aromatic rings. The summed E-state index contributed by atoms with van der Waals surface area (Å²) in [6.45, 7) is 2.04. The minimum Gasteiger partial charge on any atom is -0.495 e.